The molecule has 2 heterocycles. The van der Waals surface area contributed by atoms with Gasteiger partial charge in [-0.3, -0.25) is 15.1 Å². The Kier molecular flexibility index (Phi) is 6.17. The minimum Gasteiger partial charge on any atom is -0.493 e. The Hall–Kier alpha value is -3.49. The number of thioether (sulfide) groups is 1. The molecule has 0 radical (unpaired) electrons. The first-order valence-electron chi connectivity index (χ1n) is 10.5. The molecule has 9 heteroatoms. The van der Waals surface area contributed by atoms with Crippen molar-refractivity contribution in [2.75, 3.05) is 14.2 Å². The van der Waals surface area contributed by atoms with Gasteiger partial charge in [0.05, 0.1) is 24.6 Å². The summed E-state index contributed by atoms with van der Waals surface area (Å²) in [6.45, 7) is 0. The number of ether oxygens (including phenoxy) is 2. The van der Waals surface area contributed by atoms with E-state index >= 15 is 0 Å². The number of hydrogen-bond donors (Lipinski definition) is 1. The molecule has 1 N–H and O–H groups in total. The molecule has 1 atom stereocenters. The Morgan fingerprint density at radius 3 is 2.50 bits per heavy atom. The van der Waals surface area contributed by atoms with Crippen molar-refractivity contribution >= 4 is 40.1 Å². The number of carbonyl (C=O) groups is 1. The smallest absolute Gasteiger partial charge is 0.276 e. The van der Waals surface area contributed by atoms with Crippen molar-refractivity contribution in [1.82, 2.24) is 10.3 Å². The topological polar surface area (TPSA) is 75.5 Å². The molecule has 0 aliphatic carbocycles. The first-order valence-corrected chi connectivity index (χ1v) is 11.9. The maximum atomic E-state index is 13.3. The summed E-state index contributed by atoms with van der Waals surface area (Å²) in [6.07, 6.45) is -0.657. The van der Waals surface area contributed by atoms with Crippen LogP contribution in [0.5, 0.6) is 11.5 Å². The summed E-state index contributed by atoms with van der Waals surface area (Å²) in [5, 5.41) is 11.7. The number of hydrazone groups is 1. The van der Waals surface area contributed by atoms with Crippen LogP contribution in [0.2, 0.25) is 5.02 Å². The van der Waals surface area contributed by atoms with Crippen molar-refractivity contribution in [3.63, 3.8) is 0 Å². The van der Waals surface area contributed by atoms with Crippen molar-refractivity contribution in [3.8, 4) is 11.5 Å². The number of methoxy groups -OCH3 is 2. The van der Waals surface area contributed by atoms with Gasteiger partial charge in [-0.05, 0) is 17.7 Å². The molecule has 2 aliphatic heterocycles. The van der Waals surface area contributed by atoms with E-state index in [4.69, 9.17) is 31.2 Å². The van der Waals surface area contributed by atoms with Gasteiger partial charge in [-0.25, -0.2) is 5.01 Å². The van der Waals surface area contributed by atoms with Gasteiger partial charge in [0.2, 0.25) is 0 Å². The first kappa shape index (κ1) is 22.3. The van der Waals surface area contributed by atoms with E-state index in [1.165, 1.54) is 11.8 Å². The molecule has 0 saturated carbocycles. The zero-order chi connectivity index (χ0) is 23.7. The highest BCUT2D eigenvalue weighted by Crippen LogP contribution is 2.40. The average molecular weight is 493 g/mol. The number of carbonyl (C=O) groups excluding carboxylic acids is 1. The largest absolute Gasteiger partial charge is 0.493 e. The lowest BCUT2D eigenvalue weighted by Gasteiger charge is -2.34. The van der Waals surface area contributed by atoms with E-state index in [-0.39, 0.29) is 5.91 Å². The Morgan fingerprint density at radius 1 is 1.03 bits per heavy atom. The normalized spacial score (nSPS) is 16.6. The van der Waals surface area contributed by atoms with E-state index in [1.807, 2.05) is 54.6 Å². The fourth-order valence-corrected chi connectivity index (χ4v) is 4.95. The molecule has 0 bridgehead atoms. The summed E-state index contributed by atoms with van der Waals surface area (Å²) < 4.78 is 10.9. The maximum Gasteiger partial charge on any atom is 0.276 e. The predicted octanol–water partition coefficient (Wildman–Crippen LogP) is 3.43. The molecular weight excluding hydrogens is 472 g/mol. The molecule has 3 aromatic rings. The second kappa shape index (κ2) is 9.40. The molecule has 5 rings (SSSR count). The van der Waals surface area contributed by atoms with Gasteiger partial charge in [-0.1, -0.05) is 71.9 Å². The highest BCUT2D eigenvalue weighted by Gasteiger charge is 2.35. The van der Waals surface area contributed by atoms with Crippen LogP contribution < -0.4 is 25.4 Å². The van der Waals surface area contributed by atoms with Gasteiger partial charge in [-0.15, -0.1) is 5.10 Å². The number of amides is 1. The third-order valence-electron chi connectivity index (χ3n) is 5.51. The first-order chi connectivity index (χ1) is 16.6. The molecule has 0 aromatic heterocycles. The molecule has 172 valence electrons. The number of nitrogens with one attached hydrogen (secondary N) is 1. The van der Waals surface area contributed by atoms with E-state index in [0.29, 0.717) is 49.3 Å². The van der Waals surface area contributed by atoms with E-state index in [9.17, 15) is 4.79 Å². The third kappa shape index (κ3) is 4.10. The van der Waals surface area contributed by atoms with E-state index in [1.54, 1.807) is 31.4 Å². The minimum atomic E-state index is -0.657. The minimum absolute atomic E-state index is 0.241. The molecule has 2 aliphatic rings. The van der Waals surface area contributed by atoms with Gasteiger partial charge in [0.15, 0.2) is 22.8 Å². The Labute approximate surface area is 205 Å². The summed E-state index contributed by atoms with van der Waals surface area (Å²) in [6, 6.07) is 21.0. The number of para-hydroxylation sites is 1. The zero-order valence-electron chi connectivity index (χ0n) is 18.5. The second-order valence-electron chi connectivity index (χ2n) is 7.58. The number of nitrogens with zero attached hydrogens (tertiary/aromatic N) is 3. The van der Waals surface area contributed by atoms with Crippen LogP contribution in [-0.4, -0.2) is 30.3 Å². The lowest BCUT2D eigenvalue weighted by molar-refractivity contribution is -0.116. The fraction of sp³-hybridized carbons (Fsp3) is 0.160. The van der Waals surface area contributed by atoms with Gasteiger partial charge in [0, 0.05) is 22.6 Å². The molecular formula is C25H21ClN4O3S. The number of hydrogen-bond acceptors (Lipinski definition) is 7. The monoisotopic (exact) mass is 492 g/mol. The van der Waals surface area contributed by atoms with Crippen LogP contribution in [0, 0.1) is 0 Å². The van der Waals surface area contributed by atoms with Crippen LogP contribution >= 0.6 is 23.4 Å². The van der Waals surface area contributed by atoms with E-state index in [0.717, 1.165) is 5.56 Å². The zero-order valence-corrected chi connectivity index (χ0v) is 20.1. The van der Waals surface area contributed by atoms with Crippen molar-refractivity contribution in [2.24, 2.45) is 10.1 Å². The summed E-state index contributed by atoms with van der Waals surface area (Å²) in [5.41, 5.74) is 2.20. The number of halogens is 1. The Balaban J connectivity index is 1.61. The number of rotatable bonds is 5. The van der Waals surface area contributed by atoms with Crippen molar-refractivity contribution < 1.29 is 14.3 Å². The van der Waals surface area contributed by atoms with Gasteiger partial charge in [0.1, 0.15) is 5.70 Å². The number of fused-ring (bicyclic) bond motifs is 2. The van der Waals surface area contributed by atoms with Gasteiger partial charge in [0.25, 0.3) is 5.91 Å². The Morgan fingerprint density at radius 2 is 1.74 bits per heavy atom. The molecule has 7 nitrogen and oxygen atoms in total. The van der Waals surface area contributed by atoms with Crippen molar-refractivity contribution in [1.29, 1.82) is 0 Å². The van der Waals surface area contributed by atoms with Gasteiger partial charge < -0.3 is 9.47 Å². The Bertz CT molecular complexity index is 1410. The van der Waals surface area contributed by atoms with Crippen LogP contribution in [0.25, 0.3) is 5.70 Å². The fourth-order valence-electron chi connectivity index (χ4n) is 3.89. The molecule has 3 aromatic carbocycles. The van der Waals surface area contributed by atoms with Gasteiger partial charge in [-0.2, -0.15) is 0 Å². The average Bonchev–Trinajstić information content (AvgIpc) is 2.87. The molecule has 0 unspecified atom stereocenters. The van der Waals surface area contributed by atoms with E-state index < -0.39 is 6.17 Å². The second-order valence-corrected chi connectivity index (χ2v) is 8.95. The standard InChI is InChI=1S/C25H21ClN4O3S/c1-32-20-12-17(18(26)13-21(20)33-2)23-27-19-11-7-6-10-16(19)22-24(31)28-25(29-30(22)23)34-14-15-8-4-3-5-9-15/h3-13,23H,14H2,1-2H3,(H,28,29,31)/t23-/m0/s1. The lowest BCUT2D eigenvalue weighted by Crippen LogP contribution is -2.50. The highest BCUT2D eigenvalue weighted by molar-refractivity contribution is 8.13. The molecule has 0 spiro atoms. The predicted molar refractivity (Wildman–Crippen MR) is 133 cm³/mol. The third-order valence-corrected chi connectivity index (χ3v) is 6.78. The quantitative estimate of drug-likeness (QED) is 0.590. The highest BCUT2D eigenvalue weighted by atomic mass is 35.5. The summed E-state index contributed by atoms with van der Waals surface area (Å²) >= 11 is 8.11. The van der Waals surface area contributed by atoms with Crippen molar-refractivity contribution in [2.45, 2.75) is 11.9 Å². The summed E-state index contributed by atoms with van der Waals surface area (Å²) in [5.74, 6) is 1.45. The van der Waals surface area contributed by atoms with Crippen LogP contribution in [-0.2, 0) is 10.5 Å². The van der Waals surface area contributed by atoms with Crippen LogP contribution in [0.4, 0.5) is 0 Å². The SMILES string of the molecule is COc1cc(Cl)c([C@H]2N=c3ccccc3=C3C(=O)NC(SCc4ccccc4)=NN32)cc1OC. The molecule has 1 amide bonds. The van der Waals surface area contributed by atoms with Crippen molar-refractivity contribution in [3.05, 3.63) is 93.5 Å². The van der Waals surface area contributed by atoms with Crippen LogP contribution in [0.15, 0.2) is 76.8 Å². The lowest BCUT2D eigenvalue weighted by atomic mass is 10.1. The number of benzene rings is 3. The summed E-state index contributed by atoms with van der Waals surface area (Å²) in [7, 11) is 3.11. The summed E-state index contributed by atoms with van der Waals surface area (Å²) in [4.78, 5) is 18.2. The van der Waals surface area contributed by atoms with E-state index in [2.05, 4.69) is 5.32 Å². The molecule has 0 fully saturated rings. The van der Waals surface area contributed by atoms with Gasteiger partial charge >= 0.3 is 0 Å². The van der Waals surface area contributed by atoms with Crippen LogP contribution in [0.3, 0.4) is 0 Å². The molecule has 34 heavy (non-hydrogen) atoms. The molecule has 0 saturated heterocycles. The van der Waals surface area contributed by atoms with Crippen LogP contribution in [0.1, 0.15) is 17.3 Å². The maximum absolute atomic E-state index is 13.3. The number of amidine groups is 1.